The number of para-hydroxylation sites is 2. The molecule has 0 aromatic heterocycles. The van der Waals surface area contributed by atoms with Crippen LogP contribution in [0.15, 0.2) is 42.5 Å². The summed E-state index contributed by atoms with van der Waals surface area (Å²) in [6.07, 6.45) is 0.937. The number of hydrogen-bond acceptors (Lipinski definition) is 5. The zero-order valence-electron chi connectivity index (χ0n) is 16.1. The van der Waals surface area contributed by atoms with Crippen molar-refractivity contribution in [1.82, 2.24) is 0 Å². The highest BCUT2D eigenvalue weighted by atomic mass is 16.6. The van der Waals surface area contributed by atoms with E-state index in [1.165, 1.54) is 18.1 Å². The maximum Gasteiger partial charge on any atom is 0.310 e. The van der Waals surface area contributed by atoms with E-state index < -0.39 is 30.0 Å². The molecule has 2 aliphatic rings. The molecule has 0 spiro atoms. The van der Waals surface area contributed by atoms with Gasteiger partial charge in [0.15, 0.2) is 12.2 Å². The summed E-state index contributed by atoms with van der Waals surface area (Å²) in [5, 5.41) is 5.47. The molecule has 1 aliphatic carbocycles. The molecule has 1 aliphatic heterocycles. The summed E-state index contributed by atoms with van der Waals surface area (Å²) in [7, 11) is 0. The second-order valence-corrected chi connectivity index (χ2v) is 7.25. The summed E-state index contributed by atoms with van der Waals surface area (Å²) in [5.41, 5.74) is 3.80. The van der Waals surface area contributed by atoms with E-state index >= 15 is 0 Å². The quantitative estimate of drug-likeness (QED) is 0.761. The summed E-state index contributed by atoms with van der Waals surface area (Å²) >= 11 is 0. The highest BCUT2D eigenvalue weighted by Gasteiger charge is 2.31. The highest BCUT2D eigenvalue weighted by molar-refractivity contribution is 6.00. The van der Waals surface area contributed by atoms with Crippen LogP contribution in [0.1, 0.15) is 30.9 Å². The third kappa shape index (κ3) is 4.23. The molecular weight excluding hydrogens is 372 g/mol. The monoisotopic (exact) mass is 394 g/mol. The van der Waals surface area contributed by atoms with Crippen molar-refractivity contribution in [3.8, 4) is 5.75 Å². The molecule has 0 bridgehead atoms. The van der Waals surface area contributed by atoms with Crippen LogP contribution in [0.5, 0.6) is 5.75 Å². The molecule has 2 atom stereocenters. The molecule has 0 unspecified atom stereocenters. The van der Waals surface area contributed by atoms with Gasteiger partial charge in [0.05, 0.1) is 12.1 Å². The molecule has 2 N–H and O–H groups in total. The maximum absolute atomic E-state index is 12.4. The van der Waals surface area contributed by atoms with Crippen molar-refractivity contribution in [3.05, 3.63) is 53.6 Å². The largest absolute Gasteiger partial charge is 0.478 e. The first-order valence-corrected chi connectivity index (χ1v) is 9.68. The van der Waals surface area contributed by atoms with Gasteiger partial charge in [0.25, 0.3) is 11.8 Å². The Balaban J connectivity index is 1.31. The molecule has 2 amide bonds. The predicted octanol–water partition coefficient (Wildman–Crippen LogP) is 2.84. The first-order valence-electron chi connectivity index (χ1n) is 9.68. The van der Waals surface area contributed by atoms with E-state index in [0.717, 1.165) is 19.3 Å². The number of carbonyl (C=O) groups is 3. The standard InChI is InChI=1S/C22H22N2O5/c1-13(21(26)23-16-10-9-14-5-4-6-15(14)11-16)28-20(25)12-19-22(27)24-17-7-2-3-8-18(17)29-19/h2-3,7-11,13,19H,4-6,12H2,1H3,(H,23,26)(H,24,27)/t13-,19+/m1/s1. The predicted molar refractivity (Wildman–Crippen MR) is 107 cm³/mol. The van der Waals surface area contributed by atoms with Crippen LogP contribution in [0.2, 0.25) is 0 Å². The Labute approximate surface area is 168 Å². The van der Waals surface area contributed by atoms with E-state index in [2.05, 4.69) is 10.6 Å². The first-order chi connectivity index (χ1) is 14.0. The van der Waals surface area contributed by atoms with E-state index in [-0.39, 0.29) is 6.42 Å². The van der Waals surface area contributed by atoms with Gasteiger partial charge < -0.3 is 20.1 Å². The molecule has 2 aromatic carbocycles. The summed E-state index contributed by atoms with van der Waals surface area (Å²) in [6.45, 7) is 1.50. The van der Waals surface area contributed by atoms with Gasteiger partial charge in [-0.05, 0) is 61.6 Å². The Kier molecular flexibility index (Phi) is 5.20. The first kappa shape index (κ1) is 19.0. The second-order valence-electron chi connectivity index (χ2n) is 7.25. The van der Waals surface area contributed by atoms with Crippen LogP contribution in [0, 0.1) is 0 Å². The van der Waals surface area contributed by atoms with E-state index in [1.807, 2.05) is 18.2 Å². The minimum atomic E-state index is -0.996. The molecule has 0 saturated heterocycles. The van der Waals surface area contributed by atoms with Crippen molar-refractivity contribution in [1.29, 1.82) is 0 Å². The maximum atomic E-state index is 12.4. The molecule has 7 heteroatoms. The lowest BCUT2D eigenvalue weighted by Crippen LogP contribution is -2.40. The summed E-state index contributed by atoms with van der Waals surface area (Å²) < 4.78 is 10.8. The van der Waals surface area contributed by atoms with Crippen LogP contribution < -0.4 is 15.4 Å². The zero-order chi connectivity index (χ0) is 20.4. The van der Waals surface area contributed by atoms with Crippen molar-refractivity contribution in [3.63, 3.8) is 0 Å². The number of esters is 1. The number of amides is 2. The van der Waals surface area contributed by atoms with Crippen molar-refractivity contribution >= 4 is 29.2 Å². The molecule has 7 nitrogen and oxygen atoms in total. The van der Waals surface area contributed by atoms with Crippen molar-refractivity contribution in [2.75, 3.05) is 10.6 Å². The van der Waals surface area contributed by atoms with Crippen LogP contribution >= 0.6 is 0 Å². The van der Waals surface area contributed by atoms with Gasteiger partial charge in [-0.2, -0.15) is 0 Å². The topological polar surface area (TPSA) is 93.7 Å². The van der Waals surface area contributed by atoms with Crippen molar-refractivity contribution in [2.24, 2.45) is 0 Å². The fourth-order valence-electron chi connectivity index (χ4n) is 3.57. The average Bonchev–Trinajstić information content (AvgIpc) is 3.16. The molecule has 0 fully saturated rings. The van der Waals surface area contributed by atoms with E-state index in [9.17, 15) is 14.4 Å². The molecule has 2 aromatic rings. The number of rotatable bonds is 5. The number of hydrogen-bond donors (Lipinski definition) is 2. The molecular formula is C22H22N2O5. The van der Waals surface area contributed by atoms with Gasteiger partial charge in [-0.25, -0.2) is 0 Å². The minimum Gasteiger partial charge on any atom is -0.478 e. The number of anilines is 2. The van der Waals surface area contributed by atoms with Crippen molar-refractivity contribution < 1.29 is 23.9 Å². The molecule has 150 valence electrons. The Morgan fingerprint density at radius 2 is 2.00 bits per heavy atom. The number of aryl methyl sites for hydroxylation is 2. The summed E-state index contributed by atoms with van der Waals surface area (Å²) in [5.74, 6) is -1.03. The molecule has 1 heterocycles. The van der Waals surface area contributed by atoms with Gasteiger partial charge in [0.2, 0.25) is 0 Å². The summed E-state index contributed by atoms with van der Waals surface area (Å²) in [6, 6.07) is 12.8. The Bertz CT molecular complexity index is 971. The number of carbonyl (C=O) groups excluding carboxylic acids is 3. The molecule has 4 rings (SSSR count). The van der Waals surface area contributed by atoms with Crippen LogP contribution in [0.25, 0.3) is 0 Å². The smallest absolute Gasteiger partial charge is 0.310 e. The van der Waals surface area contributed by atoms with Gasteiger partial charge >= 0.3 is 5.97 Å². The third-order valence-electron chi connectivity index (χ3n) is 5.10. The summed E-state index contributed by atoms with van der Waals surface area (Å²) in [4.78, 5) is 36.7. The molecule has 0 radical (unpaired) electrons. The SMILES string of the molecule is C[C@@H](OC(=O)C[C@@H]1Oc2ccccc2NC1=O)C(=O)Nc1ccc2c(c1)CCC2. The number of fused-ring (bicyclic) bond motifs is 2. The Morgan fingerprint density at radius 3 is 2.86 bits per heavy atom. The lowest BCUT2D eigenvalue weighted by molar-refractivity contribution is -0.155. The minimum absolute atomic E-state index is 0.281. The molecule has 0 saturated carbocycles. The van der Waals surface area contributed by atoms with E-state index in [4.69, 9.17) is 9.47 Å². The zero-order valence-corrected chi connectivity index (χ0v) is 16.1. The number of nitrogens with one attached hydrogen (secondary N) is 2. The fourth-order valence-corrected chi connectivity index (χ4v) is 3.57. The number of benzene rings is 2. The van der Waals surface area contributed by atoms with Crippen LogP contribution in [-0.4, -0.2) is 30.0 Å². The van der Waals surface area contributed by atoms with Crippen LogP contribution in [0.4, 0.5) is 11.4 Å². The van der Waals surface area contributed by atoms with E-state index in [1.54, 1.807) is 24.3 Å². The van der Waals surface area contributed by atoms with Crippen LogP contribution in [0.3, 0.4) is 0 Å². The van der Waals surface area contributed by atoms with Crippen LogP contribution in [-0.2, 0) is 32.0 Å². The molecule has 29 heavy (non-hydrogen) atoms. The lowest BCUT2D eigenvalue weighted by Gasteiger charge is -2.25. The third-order valence-corrected chi connectivity index (χ3v) is 5.10. The highest BCUT2D eigenvalue weighted by Crippen LogP contribution is 2.30. The fraction of sp³-hybridized carbons (Fsp3) is 0.318. The second kappa shape index (κ2) is 7.95. The Hall–Kier alpha value is -3.35. The van der Waals surface area contributed by atoms with E-state index in [0.29, 0.717) is 17.1 Å². The lowest BCUT2D eigenvalue weighted by atomic mass is 10.1. The normalized spacial score (nSPS) is 18.0. The van der Waals surface area contributed by atoms with Crippen molar-refractivity contribution in [2.45, 2.75) is 44.8 Å². The average molecular weight is 394 g/mol. The Morgan fingerprint density at radius 1 is 1.21 bits per heavy atom. The van der Waals surface area contributed by atoms with Gasteiger partial charge in [0.1, 0.15) is 5.75 Å². The van der Waals surface area contributed by atoms with Gasteiger partial charge in [-0.1, -0.05) is 18.2 Å². The van der Waals surface area contributed by atoms with Gasteiger partial charge in [-0.3, -0.25) is 14.4 Å². The van der Waals surface area contributed by atoms with Gasteiger partial charge in [0, 0.05) is 5.69 Å². The van der Waals surface area contributed by atoms with Gasteiger partial charge in [-0.15, -0.1) is 0 Å². The number of ether oxygens (including phenoxy) is 2.